The number of nitrogens with two attached hydrogens (primary N) is 1. The number of esters is 1. The summed E-state index contributed by atoms with van der Waals surface area (Å²) in [6.45, 7) is 8.57. The largest absolute Gasteiger partial charge is 0.462 e. The summed E-state index contributed by atoms with van der Waals surface area (Å²) in [6.07, 6.45) is 3.73. The van der Waals surface area contributed by atoms with Crippen LogP contribution in [0.3, 0.4) is 0 Å². The molecule has 0 aliphatic carbocycles. The average molecular weight is 279 g/mol. The molecule has 0 bridgehead atoms. The van der Waals surface area contributed by atoms with Crippen LogP contribution in [0.25, 0.3) is 0 Å². The van der Waals surface area contributed by atoms with Crippen molar-refractivity contribution in [1.29, 1.82) is 0 Å². The van der Waals surface area contributed by atoms with Crippen molar-refractivity contribution in [3.63, 3.8) is 0 Å². The van der Waals surface area contributed by atoms with Crippen LogP contribution in [0.4, 0.5) is 11.5 Å². The molecule has 20 heavy (non-hydrogen) atoms. The first-order valence-corrected chi connectivity index (χ1v) is 7.13. The zero-order chi connectivity index (χ0) is 15.1. The molecule has 0 radical (unpaired) electrons. The van der Waals surface area contributed by atoms with Crippen LogP contribution in [-0.4, -0.2) is 23.6 Å². The summed E-state index contributed by atoms with van der Waals surface area (Å²) < 4.78 is 4.97. The first-order chi connectivity index (χ1) is 9.45. The van der Waals surface area contributed by atoms with Gasteiger partial charge >= 0.3 is 5.97 Å². The van der Waals surface area contributed by atoms with Gasteiger partial charge in [0, 0.05) is 12.2 Å². The molecule has 0 aromatic carbocycles. The number of rotatable bonds is 7. The van der Waals surface area contributed by atoms with Crippen molar-refractivity contribution in [2.45, 2.75) is 46.6 Å². The van der Waals surface area contributed by atoms with Crippen molar-refractivity contribution in [2.24, 2.45) is 5.92 Å². The molecule has 5 nitrogen and oxygen atoms in total. The van der Waals surface area contributed by atoms with Crippen LogP contribution >= 0.6 is 0 Å². The third-order valence-electron chi connectivity index (χ3n) is 3.05. The summed E-state index contributed by atoms with van der Waals surface area (Å²) >= 11 is 0. The third-order valence-corrected chi connectivity index (χ3v) is 3.05. The van der Waals surface area contributed by atoms with E-state index in [1.54, 1.807) is 19.2 Å². The molecule has 112 valence electrons. The topological polar surface area (TPSA) is 77.2 Å². The van der Waals surface area contributed by atoms with E-state index in [1.165, 1.54) is 0 Å². The molecule has 1 aromatic heterocycles. The second-order valence-corrected chi connectivity index (χ2v) is 5.36. The number of nitrogens with one attached hydrogen (secondary N) is 1. The van der Waals surface area contributed by atoms with E-state index in [0.717, 1.165) is 12.8 Å². The Morgan fingerprint density at radius 3 is 2.70 bits per heavy atom. The van der Waals surface area contributed by atoms with Gasteiger partial charge in [0.15, 0.2) is 0 Å². The molecule has 3 N–H and O–H groups in total. The summed E-state index contributed by atoms with van der Waals surface area (Å²) in [6, 6.07) is 1.83. The van der Waals surface area contributed by atoms with Gasteiger partial charge in [-0.1, -0.05) is 13.8 Å². The molecule has 0 fully saturated rings. The standard InChI is InChI=1S/C15H25N3O2/c1-5-20-15(19)12-8-9-17-14(13(12)16)18-11(4)7-6-10(2)3/h8-11H,5-7,16H2,1-4H3,(H,17,18). The van der Waals surface area contributed by atoms with E-state index in [9.17, 15) is 4.79 Å². The second-order valence-electron chi connectivity index (χ2n) is 5.36. The minimum Gasteiger partial charge on any atom is -0.462 e. The zero-order valence-corrected chi connectivity index (χ0v) is 12.8. The first kappa shape index (κ1) is 16.3. The second kappa shape index (κ2) is 7.72. The zero-order valence-electron chi connectivity index (χ0n) is 12.8. The number of pyridine rings is 1. The molecule has 0 saturated heterocycles. The predicted octanol–water partition coefficient (Wildman–Crippen LogP) is 3.08. The molecule has 1 rings (SSSR count). The number of carbonyl (C=O) groups excluding carboxylic acids is 1. The van der Waals surface area contributed by atoms with Gasteiger partial charge in [0.25, 0.3) is 0 Å². The maximum atomic E-state index is 11.8. The van der Waals surface area contributed by atoms with Gasteiger partial charge in [-0.25, -0.2) is 9.78 Å². The summed E-state index contributed by atoms with van der Waals surface area (Å²) in [7, 11) is 0. The fraction of sp³-hybridized carbons (Fsp3) is 0.600. The van der Waals surface area contributed by atoms with Gasteiger partial charge < -0.3 is 15.8 Å². The third kappa shape index (κ3) is 4.72. The fourth-order valence-electron chi connectivity index (χ4n) is 1.86. The van der Waals surface area contributed by atoms with Crippen molar-refractivity contribution in [3.05, 3.63) is 17.8 Å². The van der Waals surface area contributed by atoms with Crippen LogP contribution in [0.15, 0.2) is 12.3 Å². The first-order valence-electron chi connectivity index (χ1n) is 7.13. The smallest absolute Gasteiger partial charge is 0.340 e. The van der Waals surface area contributed by atoms with Crippen molar-refractivity contribution < 1.29 is 9.53 Å². The average Bonchev–Trinajstić information content (AvgIpc) is 2.39. The normalized spacial score (nSPS) is 12.2. The van der Waals surface area contributed by atoms with Crippen LogP contribution in [-0.2, 0) is 4.74 Å². The quantitative estimate of drug-likeness (QED) is 0.750. The van der Waals surface area contributed by atoms with E-state index in [4.69, 9.17) is 10.5 Å². The van der Waals surface area contributed by atoms with Crippen molar-refractivity contribution in [1.82, 2.24) is 4.98 Å². The van der Waals surface area contributed by atoms with Gasteiger partial charge in [-0.15, -0.1) is 0 Å². The highest BCUT2D eigenvalue weighted by Crippen LogP contribution is 2.22. The maximum Gasteiger partial charge on any atom is 0.340 e. The Morgan fingerprint density at radius 2 is 2.10 bits per heavy atom. The summed E-state index contributed by atoms with van der Waals surface area (Å²) in [4.78, 5) is 16.0. The van der Waals surface area contributed by atoms with Gasteiger partial charge in [-0.3, -0.25) is 0 Å². The summed E-state index contributed by atoms with van der Waals surface area (Å²) in [5.74, 6) is 0.799. The number of nitrogens with zero attached hydrogens (tertiary/aromatic N) is 1. The number of hydrogen-bond acceptors (Lipinski definition) is 5. The van der Waals surface area contributed by atoms with Gasteiger partial charge in [-0.2, -0.15) is 0 Å². The van der Waals surface area contributed by atoms with E-state index in [0.29, 0.717) is 29.6 Å². The van der Waals surface area contributed by atoms with Crippen molar-refractivity contribution >= 4 is 17.5 Å². The number of aromatic nitrogens is 1. The minimum atomic E-state index is -0.412. The number of nitrogen functional groups attached to an aromatic ring is 1. The minimum absolute atomic E-state index is 0.254. The Kier molecular flexibility index (Phi) is 6.28. The van der Waals surface area contributed by atoms with E-state index in [2.05, 4.69) is 31.1 Å². The van der Waals surface area contributed by atoms with Gasteiger partial charge in [-0.05, 0) is 38.7 Å². The lowest BCUT2D eigenvalue weighted by Crippen LogP contribution is -2.19. The molecular formula is C15H25N3O2. The highest BCUT2D eigenvalue weighted by atomic mass is 16.5. The molecule has 0 amide bonds. The van der Waals surface area contributed by atoms with Gasteiger partial charge in [0.1, 0.15) is 5.82 Å². The molecule has 1 unspecified atom stereocenters. The lowest BCUT2D eigenvalue weighted by Gasteiger charge is -2.17. The molecule has 0 saturated carbocycles. The highest BCUT2D eigenvalue weighted by Gasteiger charge is 2.15. The van der Waals surface area contributed by atoms with Crippen LogP contribution in [0, 0.1) is 5.92 Å². The summed E-state index contributed by atoms with van der Waals surface area (Å²) in [5, 5.41) is 3.26. The molecule has 0 aliphatic heterocycles. The van der Waals surface area contributed by atoms with Crippen LogP contribution in [0.1, 0.15) is 50.9 Å². The molecular weight excluding hydrogens is 254 g/mol. The molecule has 0 spiro atoms. The number of hydrogen-bond donors (Lipinski definition) is 2. The molecule has 1 aromatic rings. The number of carbonyl (C=O) groups is 1. The Bertz CT molecular complexity index is 447. The van der Waals surface area contributed by atoms with E-state index < -0.39 is 5.97 Å². The maximum absolute atomic E-state index is 11.8. The Hall–Kier alpha value is -1.78. The Morgan fingerprint density at radius 1 is 1.40 bits per heavy atom. The number of anilines is 2. The monoisotopic (exact) mass is 279 g/mol. The lowest BCUT2D eigenvalue weighted by atomic mass is 10.0. The SMILES string of the molecule is CCOC(=O)c1ccnc(NC(C)CCC(C)C)c1N. The fourth-order valence-corrected chi connectivity index (χ4v) is 1.86. The van der Waals surface area contributed by atoms with Crippen molar-refractivity contribution in [3.8, 4) is 0 Å². The molecule has 1 atom stereocenters. The van der Waals surface area contributed by atoms with E-state index >= 15 is 0 Å². The van der Waals surface area contributed by atoms with E-state index in [-0.39, 0.29) is 6.04 Å². The van der Waals surface area contributed by atoms with Crippen LogP contribution in [0.5, 0.6) is 0 Å². The Balaban J connectivity index is 2.76. The molecule has 5 heteroatoms. The van der Waals surface area contributed by atoms with Crippen LogP contribution < -0.4 is 11.1 Å². The molecule has 1 heterocycles. The highest BCUT2D eigenvalue weighted by molar-refractivity contribution is 5.97. The predicted molar refractivity (Wildman–Crippen MR) is 81.8 cm³/mol. The lowest BCUT2D eigenvalue weighted by molar-refractivity contribution is 0.0527. The van der Waals surface area contributed by atoms with Gasteiger partial charge in [0.2, 0.25) is 0 Å². The van der Waals surface area contributed by atoms with Gasteiger partial charge in [0.05, 0.1) is 17.9 Å². The van der Waals surface area contributed by atoms with Crippen molar-refractivity contribution in [2.75, 3.05) is 17.7 Å². The Labute approximate surface area is 120 Å². The number of ether oxygens (including phenoxy) is 1. The summed E-state index contributed by atoms with van der Waals surface area (Å²) in [5.41, 5.74) is 6.70. The van der Waals surface area contributed by atoms with E-state index in [1.807, 2.05) is 0 Å². The van der Waals surface area contributed by atoms with Crippen LogP contribution in [0.2, 0.25) is 0 Å². The molecule has 0 aliphatic rings.